The Morgan fingerprint density at radius 3 is 2.94 bits per heavy atom. The van der Waals surface area contributed by atoms with Crippen LogP contribution in [0.4, 0.5) is 5.82 Å². The molecule has 1 heterocycles. The van der Waals surface area contributed by atoms with Crippen molar-refractivity contribution in [1.29, 1.82) is 5.26 Å². The Morgan fingerprint density at radius 1 is 1.53 bits per heavy atom. The van der Waals surface area contributed by atoms with Gasteiger partial charge in [-0.05, 0) is 25.0 Å². The standard InChI is InChI=1S/C12H14N4O/c13-6-8-4-5-11(15-7-8)16-10-3-1-2-9(10)12(14)17/h4-5,7,9-10H,1-3H2,(H2,14,17)(H,15,16). The largest absolute Gasteiger partial charge is 0.369 e. The molecule has 5 nitrogen and oxygen atoms in total. The molecule has 3 N–H and O–H groups in total. The number of amides is 1. The molecule has 1 aliphatic rings. The van der Waals surface area contributed by atoms with Crippen molar-refractivity contribution in [3.8, 4) is 6.07 Å². The van der Waals surface area contributed by atoms with E-state index >= 15 is 0 Å². The summed E-state index contributed by atoms with van der Waals surface area (Å²) in [4.78, 5) is 15.3. The molecule has 1 aliphatic carbocycles. The van der Waals surface area contributed by atoms with Gasteiger partial charge in [-0.25, -0.2) is 4.98 Å². The van der Waals surface area contributed by atoms with Crippen molar-refractivity contribution in [2.75, 3.05) is 5.32 Å². The molecule has 1 aromatic heterocycles. The molecule has 0 bridgehead atoms. The second-order valence-corrected chi connectivity index (χ2v) is 4.23. The molecule has 1 amide bonds. The normalized spacial score (nSPS) is 23.0. The van der Waals surface area contributed by atoms with Crippen LogP contribution in [0.5, 0.6) is 0 Å². The molecule has 1 aromatic rings. The molecule has 2 atom stereocenters. The third-order valence-electron chi connectivity index (χ3n) is 3.11. The Hall–Kier alpha value is -2.09. The van der Waals surface area contributed by atoms with Crippen LogP contribution in [0.2, 0.25) is 0 Å². The van der Waals surface area contributed by atoms with Gasteiger partial charge < -0.3 is 11.1 Å². The van der Waals surface area contributed by atoms with Gasteiger partial charge in [0.05, 0.1) is 11.5 Å². The minimum Gasteiger partial charge on any atom is -0.369 e. The maximum atomic E-state index is 11.2. The average molecular weight is 230 g/mol. The van der Waals surface area contributed by atoms with Gasteiger partial charge in [-0.3, -0.25) is 4.79 Å². The number of rotatable bonds is 3. The number of carbonyl (C=O) groups is 1. The molecule has 0 radical (unpaired) electrons. The van der Waals surface area contributed by atoms with Gasteiger partial charge in [0.2, 0.25) is 5.91 Å². The lowest BCUT2D eigenvalue weighted by atomic mass is 10.0. The van der Waals surface area contributed by atoms with E-state index in [9.17, 15) is 4.79 Å². The van der Waals surface area contributed by atoms with Crippen molar-refractivity contribution in [3.63, 3.8) is 0 Å². The van der Waals surface area contributed by atoms with Gasteiger partial charge in [-0.1, -0.05) is 6.42 Å². The van der Waals surface area contributed by atoms with Gasteiger partial charge in [0.1, 0.15) is 11.9 Å². The fourth-order valence-corrected chi connectivity index (χ4v) is 2.21. The van der Waals surface area contributed by atoms with E-state index < -0.39 is 0 Å². The highest BCUT2D eigenvalue weighted by Crippen LogP contribution is 2.27. The number of nitrogens with zero attached hydrogens (tertiary/aromatic N) is 2. The van der Waals surface area contributed by atoms with E-state index in [0.29, 0.717) is 11.4 Å². The van der Waals surface area contributed by atoms with Crippen LogP contribution < -0.4 is 11.1 Å². The first kappa shape index (κ1) is 11.4. The van der Waals surface area contributed by atoms with Crippen LogP contribution in [0.1, 0.15) is 24.8 Å². The summed E-state index contributed by atoms with van der Waals surface area (Å²) in [5, 5.41) is 11.9. The third-order valence-corrected chi connectivity index (χ3v) is 3.11. The van der Waals surface area contributed by atoms with Crippen LogP contribution in [0.15, 0.2) is 18.3 Å². The number of primary amides is 1. The number of hydrogen-bond donors (Lipinski definition) is 2. The molecule has 0 aliphatic heterocycles. The molecule has 1 fully saturated rings. The fourth-order valence-electron chi connectivity index (χ4n) is 2.21. The van der Waals surface area contributed by atoms with E-state index in [0.717, 1.165) is 19.3 Å². The van der Waals surface area contributed by atoms with Gasteiger partial charge >= 0.3 is 0 Å². The number of aromatic nitrogens is 1. The van der Waals surface area contributed by atoms with E-state index in [1.165, 1.54) is 6.20 Å². The van der Waals surface area contributed by atoms with Gasteiger partial charge in [0.25, 0.3) is 0 Å². The molecule has 17 heavy (non-hydrogen) atoms. The smallest absolute Gasteiger partial charge is 0.222 e. The Bertz CT molecular complexity index is 449. The molecule has 0 aromatic carbocycles. The SMILES string of the molecule is N#Cc1ccc(NC2CCCC2C(N)=O)nc1. The third kappa shape index (κ3) is 2.53. The Labute approximate surface area is 99.6 Å². The summed E-state index contributed by atoms with van der Waals surface area (Å²) in [6.45, 7) is 0. The number of nitriles is 1. The highest BCUT2D eigenvalue weighted by atomic mass is 16.1. The zero-order chi connectivity index (χ0) is 12.3. The number of pyridine rings is 1. The van der Waals surface area contributed by atoms with Crippen LogP contribution in [0.3, 0.4) is 0 Å². The van der Waals surface area contributed by atoms with Crippen LogP contribution in [-0.4, -0.2) is 16.9 Å². The second-order valence-electron chi connectivity index (χ2n) is 4.23. The predicted octanol–water partition coefficient (Wildman–Crippen LogP) is 1.02. The number of nitrogens with two attached hydrogens (primary N) is 1. The van der Waals surface area contributed by atoms with E-state index in [1.54, 1.807) is 12.1 Å². The zero-order valence-electron chi connectivity index (χ0n) is 9.39. The monoisotopic (exact) mass is 230 g/mol. The maximum Gasteiger partial charge on any atom is 0.222 e. The van der Waals surface area contributed by atoms with Crippen molar-refractivity contribution < 1.29 is 4.79 Å². The zero-order valence-corrected chi connectivity index (χ0v) is 9.39. The highest BCUT2D eigenvalue weighted by Gasteiger charge is 2.31. The fraction of sp³-hybridized carbons (Fsp3) is 0.417. The topological polar surface area (TPSA) is 91.8 Å². The molecule has 2 unspecified atom stereocenters. The summed E-state index contributed by atoms with van der Waals surface area (Å²) in [5.41, 5.74) is 5.87. The molecular weight excluding hydrogens is 216 g/mol. The summed E-state index contributed by atoms with van der Waals surface area (Å²) >= 11 is 0. The lowest BCUT2D eigenvalue weighted by molar-refractivity contribution is -0.121. The summed E-state index contributed by atoms with van der Waals surface area (Å²) in [6.07, 6.45) is 4.27. The maximum absolute atomic E-state index is 11.2. The first-order chi connectivity index (χ1) is 8.20. The summed E-state index contributed by atoms with van der Waals surface area (Å²) < 4.78 is 0. The molecule has 0 spiro atoms. The van der Waals surface area contributed by atoms with Crippen molar-refractivity contribution in [3.05, 3.63) is 23.9 Å². The van der Waals surface area contributed by atoms with Crippen molar-refractivity contribution in [1.82, 2.24) is 4.98 Å². The molecule has 1 saturated carbocycles. The summed E-state index contributed by atoms with van der Waals surface area (Å²) in [6, 6.07) is 5.52. The second kappa shape index (κ2) is 4.83. The van der Waals surface area contributed by atoms with E-state index in [4.69, 9.17) is 11.0 Å². The van der Waals surface area contributed by atoms with Gasteiger partial charge in [0, 0.05) is 12.2 Å². The van der Waals surface area contributed by atoms with Gasteiger partial charge in [-0.15, -0.1) is 0 Å². The van der Waals surface area contributed by atoms with Crippen LogP contribution in [0.25, 0.3) is 0 Å². The predicted molar refractivity (Wildman–Crippen MR) is 62.9 cm³/mol. The van der Waals surface area contributed by atoms with E-state index in [1.807, 2.05) is 6.07 Å². The number of carbonyl (C=O) groups excluding carboxylic acids is 1. The molecule has 2 rings (SSSR count). The van der Waals surface area contributed by atoms with E-state index in [2.05, 4.69) is 10.3 Å². The highest BCUT2D eigenvalue weighted by molar-refractivity contribution is 5.78. The Kier molecular flexibility index (Phi) is 3.24. The number of nitrogens with one attached hydrogen (secondary N) is 1. The summed E-state index contributed by atoms with van der Waals surface area (Å²) in [5.74, 6) is 0.309. The Balaban J connectivity index is 2.05. The number of hydrogen-bond acceptors (Lipinski definition) is 4. The average Bonchev–Trinajstić information content (AvgIpc) is 2.78. The van der Waals surface area contributed by atoms with Crippen LogP contribution >= 0.6 is 0 Å². The lowest BCUT2D eigenvalue weighted by Gasteiger charge is -2.18. The van der Waals surface area contributed by atoms with Crippen molar-refractivity contribution in [2.24, 2.45) is 11.7 Å². The van der Waals surface area contributed by atoms with E-state index in [-0.39, 0.29) is 17.9 Å². The first-order valence-electron chi connectivity index (χ1n) is 5.62. The molecule has 88 valence electrons. The Morgan fingerprint density at radius 2 is 2.35 bits per heavy atom. The molecule has 0 saturated heterocycles. The molecular formula is C12H14N4O. The quantitative estimate of drug-likeness (QED) is 0.810. The molecule has 5 heteroatoms. The lowest BCUT2D eigenvalue weighted by Crippen LogP contribution is -2.34. The van der Waals surface area contributed by atoms with Crippen LogP contribution in [0, 0.1) is 17.2 Å². The van der Waals surface area contributed by atoms with Crippen LogP contribution in [-0.2, 0) is 4.79 Å². The van der Waals surface area contributed by atoms with Crippen molar-refractivity contribution >= 4 is 11.7 Å². The van der Waals surface area contributed by atoms with Gasteiger partial charge in [-0.2, -0.15) is 5.26 Å². The van der Waals surface area contributed by atoms with Gasteiger partial charge in [0.15, 0.2) is 0 Å². The first-order valence-corrected chi connectivity index (χ1v) is 5.62. The minimum atomic E-state index is -0.256. The minimum absolute atomic E-state index is 0.0629. The summed E-state index contributed by atoms with van der Waals surface area (Å²) in [7, 11) is 0. The van der Waals surface area contributed by atoms with Crippen molar-refractivity contribution in [2.45, 2.75) is 25.3 Å². The number of anilines is 1.